The molecule has 19 heavy (non-hydrogen) atoms. The number of rotatable bonds is 5. The van der Waals surface area contributed by atoms with Crippen molar-refractivity contribution in [3.05, 3.63) is 29.3 Å². The van der Waals surface area contributed by atoms with Gasteiger partial charge in [-0.15, -0.1) is 0 Å². The number of carbonyl (C=O) groups is 2. The number of aryl methyl sites for hydroxylation is 1. The van der Waals surface area contributed by atoms with Gasteiger partial charge in [0.15, 0.2) is 0 Å². The SMILES string of the molecule is Cc1cccc(NC(=O)C[C@@H](C(=O)[O-])[NH+](C)C)c1C. The van der Waals surface area contributed by atoms with Crippen molar-refractivity contribution in [2.75, 3.05) is 19.4 Å². The van der Waals surface area contributed by atoms with E-state index in [1.807, 2.05) is 26.0 Å². The van der Waals surface area contributed by atoms with E-state index >= 15 is 0 Å². The van der Waals surface area contributed by atoms with E-state index < -0.39 is 12.0 Å². The van der Waals surface area contributed by atoms with Gasteiger partial charge in [0.1, 0.15) is 6.04 Å². The summed E-state index contributed by atoms with van der Waals surface area (Å²) >= 11 is 0. The Balaban J connectivity index is 2.75. The Morgan fingerprint density at radius 3 is 2.47 bits per heavy atom. The van der Waals surface area contributed by atoms with Gasteiger partial charge in [-0.2, -0.15) is 0 Å². The van der Waals surface area contributed by atoms with Gasteiger partial charge in [-0.25, -0.2) is 0 Å². The third-order valence-electron chi connectivity index (χ3n) is 3.25. The van der Waals surface area contributed by atoms with E-state index in [0.717, 1.165) is 16.8 Å². The number of aliphatic carboxylic acids is 1. The second-order valence-corrected chi connectivity index (χ2v) is 4.95. The van der Waals surface area contributed by atoms with Crippen molar-refractivity contribution in [2.24, 2.45) is 0 Å². The Kier molecular flexibility index (Phi) is 5.06. The molecule has 5 heteroatoms. The van der Waals surface area contributed by atoms with Crippen molar-refractivity contribution in [3.8, 4) is 0 Å². The average Bonchev–Trinajstić information content (AvgIpc) is 2.31. The molecule has 2 N–H and O–H groups in total. The molecule has 1 amide bonds. The highest BCUT2D eigenvalue weighted by atomic mass is 16.4. The van der Waals surface area contributed by atoms with Gasteiger partial charge in [0.2, 0.25) is 5.91 Å². The lowest BCUT2D eigenvalue weighted by Gasteiger charge is -2.21. The van der Waals surface area contributed by atoms with Crippen LogP contribution in [0.1, 0.15) is 17.5 Å². The van der Waals surface area contributed by atoms with E-state index in [2.05, 4.69) is 5.32 Å². The molecular weight excluding hydrogens is 244 g/mol. The fraction of sp³-hybridized carbons (Fsp3) is 0.429. The summed E-state index contributed by atoms with van der Waals surface area (Å²) in [6, 6.07) is 4.77. The Labute approximate surface area is 113 Å². The number of carboxylic acids is 1. The van der Waals surface area contributed by atoms with Crippen molar-refractivity contribution >= 4 is 17.6 Å². The first-order valence-corrected chi connectivity index (χ1v) is 6.20. The first-order valence-electron chi connectivity index (χ1n) is 6.20. The zero-order chi connectivity index (χ0) is 14.6. The van der Waals surface area contributed by atoms with Gasteiger partial charge in [-0.3, -0.25) is 4.79 Å². The molecule has 5 nitrogen and oxygen atoms in total. The number of anilines is 1. The number of hydrogen-bond acceptors (Lipinski definition) is 3. The summed E-state index contributed by atoms with van der Waals surface area (Å²) in [5.74, 6) is -1.53. The van der Waals surface area contributed by atoms with Crippen LogP contribution in [-0.2, 0) is 9.59 Å². The molecule has 0 aliphatic heterocycles. The van der Waals surface area contributed by atoms with Crippen molar-refractivity contribution in [3.63, 3.8) is 0 Å². The summed E-state index contributed by atoms with van der Waals surface area (Å²) < 4.78 is 0. The molecule has 0 radical (unpaired) electrons. The molecule has 1 rings (SSSR count). The lowest BCUT2D eigenvalue weighted by atomic mass is 10.1. The average molecular weight is 264 g/mol. The fourth-order valence-corrected chi connectivity index (χ4v) is 1.80. The maximum atomic E-state index is 11.9. The summed E-state index contributed by atoms with van der Waals surface area (Å²) in [6.45, 7) is 3.87. The minimum atomic E-state index is -1.21. The van der Waals surface area contributed by atoms with Gasteiger partial charge >= 0.3 is 0 Å². The molecule has 0 fully saturated rings. The van der Waals surface area contributed by atoms with Crippen molar-refractivity contribution in [2.45, 2.75) is 26.3 Å². The van der Waals surface area contributed by atoms with E-state index in [9.17, 15) is 14.7 Å². The highest BCUT2D eigenvalue weighted by Crippen LogP contribution is 2.18. The van der Waals surface area contributed by atoms with Crippen LogP contribution in [-0.4, -0.2) is 32.0 Å². The Morgan fingerprint density at radius 2 is 1.95 bits per heavy atom. The molecule has 1 aromatic carbocycles. The van der Waals surface area contributed by atoms with Crippen LogP contribution < -0.4 is 15.3 Å². The minimum Gasteiger partial charge on any atom is -0.544 e. The predicted molar refractivity (Wildman–Crippen MR) is 70.8 cm³/mol. The van der Waals surface area contributed by atoms with Gasteiger partial charge in [-0.05, 0) is 31.0 Å². The van der Waals surface area contributed by atoms with E-state index in [0.29, 0.717) is 4.90 Å². The molecule has 0 saturated carbocycles. The van der Waals surface area contributed by atoms with Crippen LogP contribution in [0, 0.1) is 13.8 Å². The Bertz CT molecular complexity index is 484. The topological polar surface area (TPSA) is 73.7 Å². The minimum absolute atomic E-state index is 0.0992. The van der Waals surface area contributed by atoms with Crippen molar-refractivity contribution in [1.82, 2.24) is 0 Å². The zero-order valence-corrected chi connectivity index (χ0v) is 11.7. The van der Waals surface area contributed by atoms with Crippen LogP contribution in [0.25, 0.3) is 0 Å². The molecule has 104 valence electrons. The van der Waals surface area contributed by atoms with Crippen LogP contribution in [0.3, 0.4) is 0 Å². The Morgan fingerprint density at radius 1 is 1.32 bits per heavy atom. The van der Waals surface area contributed by atoms with Gasteiger partial charge in [0, 0.05) is 5.69 Å². The Hall–Kier alpha value is -1.88. The number of hydrogen-bond donors (Lipinski definition) is 2. The van der Waals surface area contributed by atoms with Gasteiger partial charge in [0.25, 0.3) is 0 Å². The smallest absolute Gasteiger partial charge is 0.230 e. The zero-order valence-electron chi connectivity index (χ0n) is 11.7. The largest absolute Gasteiger partial charge is 0.544 e. The van der Waals surface area contributed by atoms with Crippen LogP contribution in [0.5, 0.6) is 0 Å². The molecule has 1 aromatic rings. The molecule has 0 aliphatic rings. The monoisotopic (exact) mass is 264 g/mol. The van der Waals surface area contributed by atoms with E-state index in [1.54, 1.807) is 20.2 Å². The van der Waals surface area contributed by atoms with E-state index in [-0.39, 0.29) is 12.3 Å². The maximum Gasteiger partial charge on any atom is 0.230 e. The molecule has 0 bridgehead atoms. The fourth-order valence-electron chi connectivity index (χ4n) is 1.80. The lowest BCUT2D eigenvalue weighted by Crippen LogP contribution is -3.12. The maximum absolute atomic E-state index is 11.9. The highest BCUT2D eigenvalue weighted by molar-refractivity contribution is 5.94. The first-order chi connectivity index (χ1) is 8.82. The second-order valence-electron chi connectivity index (χ2n) is 4.95. The number of carboxylic acid groups (broad SMARTS) is 1. The summed E-state index contributed by atoms with van der Waals surface area (Å²) in [7, 11) is 3.37. The molecule has 0 aromatic heterocycles. The summed E-state index contributed by atoms with van der Waals surface area (Å²) in [5, 5.41) is 13.7. The number of nitrogens with one attached hydrogen (secondary N) is 2. The number of benzene rings is 1. The van der Waals surface area contributed by atoms with E-state index in [4.69, 9.17) is 0 Å². The first kappa shape index (κ1) is 15.2. The lowest BCUT2D eigenvalue weighted by molar-refractivity contribution is -0.878. The molecule has 0 unspecified atom stereocenters. The molecule has 0 saturated heterocycles. The standard InChI is InChI=1S/C14H20N2O3/c1-9-6-5-7-11(10(9)2)15-13(17)8-12(14(18)19)16(3)4/h5-7,12H,8H2,1-4H3,(H,15,17)(H,18,19)/t12-/m0/s1. The van der Waals surface area contributed by atoms with Gasteiger partial charge in [-0.1, -0.05) is 12.1 Å². The summed E-state index contributed by atoms with van der Waals surface area (Å²) in [5.41, 5.74) is 2.78. The van der Waals surface area contributed by atoms with E-state index in [1.165, 1.54) is 0 Å². The van der Waals surface area contributed by atoms with Gasteiger partial charge < -0.3 is 20.1 Å². The van der Waals surface area contributed by atoms with Crippen LogP contribution in [0.4, 0.5) is 5.69 Å². The summed E-state index contributed by atoms with van der Waals surface area (Å²) in [4.78, 5) is 23.5. The predicted octanol–water partition coefficient (Wildman–Crippen LogP) is -1.10. The molecule has 1 atom stereocenters. The number of quaternary nitrogens is 1. The molecule has 0 aliphatic carbocycles. The number of carbonyl (C=O) groups excluding carboxylic acids is 2. The quantitative estimate of drug-likeness (QED) is 0.708. The third-order valence-corrected chi connectivity index (χ3v) is 3.25. The number of amides is 1. The van der Waals surface area contributed by atoms with Crippen LogP contribution >= 0.6 is 0 Å². The summed E-state index contributed by atoms with van der Waals surface area (Å²) in [6.07, 6.45) is -0.0992. The highest BCUT2D eigenvalue weighted by Gasteiger charge is 2.21. The second kappa shape index (κ2) is 6.33. The van der Waals surface area contributed by atoms with Gasteiger partial charge in [0.05, 0.1) is 26.5 Å². The third kappa shape index (κ3) is 4.06. The molecular formula is C14H20N2O3. The van der Waals surface area contributed by atoms with Crippen molar-refractivity contribution in [1.29, 1.82) is 0 Å². The van der Waals surface area contributed by atoms with Crippen LogP contribution in [0.2, 0.25) is 0 Å². The normalized spacial score (nSPS) is 12.3. The molecule has 0 spiro atoms. The van der Waals surface area contributed by atoms with Crippen molar-refractivity contribution < 1.29 is 19.6 Å². The number of likely N-dealkylation sites (N-methyl/N-ethyl adjacent to an activating group) is 1. The molecule has 0 heterocycles. The van der Waals surface area contributed by atoms with Crippen LogP contribution in [0.15, 0.2) is 18.2 Å².